The molecule has 2 unspecified atom stereocenters. The Bertz CT molecular complexity index is 2610. The number of pyridine rings is 2. The quantitative estimate of drug-likeness (QED) is 0.140. The molecular formula is C48H56N12O4. The molecule has 2 amide bonds. The third kappa shape index (κ3) is 10.1. The van der Waals surface area contributed by atoms with Crippen molar-refractivity contribution in [1.82, 2.24) is 40.1 Å². The Morgan fingerprint density at radius 2 is 1.14 bits per heavy atom. The third-order valence-corrected chi connectivity index (χ3v) is 12.4. The van der Waals surface area contributed by atoms with E-state index < -0.39 is 0 Å². The Hall–Kier alpha value is -6.52. The molecule has 16 nitrogen and oxygen atoms in total. The van der Waals surface area contributed by atoms with Gasteiger partial charge in [-0.2, -0.15) is 0 Å². The molecular weight excluding hydrogens is 809 g/mol. The normalized spacial score (nSPS) is 18.6. The van der Waals surface area contributed by atoms with Crippen LogP contribution < -0.4 is 35.2 Å². The summed E-state index contributed by atoms with van der Waals surface area (Å²) < 4.78 is 11.1. The molecule has 4 saturated heterocycles. The van der Waals surface area contributed by atoms with Crippen LogP contribution in [0.5, 0.6) is 11.5 Å². The number of carbonyl (C=O) groups excluding carboxylic acids is 2. The first-order valence-electron chi connectivity index (χ1n) is 22.4. The summed E-state index contributed by atoms with van der Waals surface area (Å²) in [5.41, 5.74) is 6.87. The number of ether oxygens (including phenoxy) is 2. The number of benzene rings is 2. The van der Waals surface area contributed by atoms with Gasteiger partial charge in [0.05, 0.1) is 22.4 Å². The highest BCUT2D eigenvalue weighted by Gasteiger charge is 2.39. The summed E-state index contributed by atoms with van der Waals surface area (Å²) in [5.74, 6) is 3.26. The van der Waals surface area contributed by atoms with Crippen LogP contribution in [0.4, 0.5) is 23.5 Å². The van der Waals surface area contributed by atoms with Gasteiger partial charge in [-0.25, -0.2) is 29.9 Å². The Balaban J connectivity index is 0.000000163. The van der Waals surface area contributed by atoms with Crippen molar-refractivity contribution in [2.24, 2.45) is 0 Å². The van der Waals surface area contributed by atoms with Gasteiger partial charge in [-0.1, -0.05) is 35.4 Å². The van der Waals surface area contributed by atoms with Crippen molar-refractivity contribution >= 4 is 57.4 Å². The second-order valence-electron chi connectivity index (χ2n) is 17.3. The molecule has 2 bridgehead atoms. The SMILES string of the molecule is Cc1ccc(OCC(=O)Nc2ccc3nc(N4CC5CC4CN5)nc(C)c3n2)cc1.Cc1ccc(OCC(=O)Nc2ccc3nc(N4CCC(N5CCCC5)CC4)nc(C)c3n2)cc1. The molecule has 332 valence electrons. The Labute approximate surface area is 373 Å². The summed E-state index contributed by atoms with van der Waals surface area (Å²) in [6.45, 7) is 14.1. The van der Waals surface area contributed by atoms with Crippen molar-refractivity contribution in [1.29, 1.82) is 0 Å². The highest BCUT2D eigenvalue weighted by Crippen LogP contribution is 2.30. The number of piperazine rings is 1. The molecule has 3 N–H and O–H groups in total. The van der Waals surface area contributed by atoms with Crippen molar-refractivity contribution in [2.75, 3.05) is 72.9 Å². The third-order valence-electron chi connectivity index (χ3n) is 12.4. The van der Waals surface area contributed by atoms with E-state index in [1.807, 2.05) is 88.4 Å². The minimum Gasteiger partial charge on any atom is -0.484 e. The van der Waals surface area contributed by atoms with Gasteiger partial charge in [-0.15, -0.1) is 0 Å². The number of nitrogens with one attached hydrogen (secondary N) is 3. The van der Waals surface area contributed by atoms with E-state index in [4.69, 9.17) is 29.4 Å². The number of piperidine rings is 1. The first-order chi connectivity index (χ1) is 31.1. The van der Waals surface area contributed by atoms with E-state index in [9.17, 15) is 9.59 Å². The first kappa shape index (κ1) is 42.8. The number of rotatable bonds is 11. The molecule has 0 spiro atoms. The zero-order chi connectivity index (χ0) is 44.2. The summed E-state index contributed by atoms with van der Waals surface area (Å²) in [7, 11) is 0. The molecule has 2 aromatic carbocycles. The van der Waals surface area contributed by atoms with Gasteiger partial charge in [0.2, 0.25) is 11.9 Å². The van der Waals surface area contributed by atoms with E-state index in [2.05, 4.69) is 40.6 Å². The van der Waals surface area contributed by atoms with Gasteiger partial charge in [0, 0.05) is 44.3 Å². The largest absolute Gasteiger partial charge is 0.484 e. The minimum absolute atomic E-state index is 0.0788. The van der Waals surface area contributed by atoms with Crippen LogP contribution in [0.1, 0.15) is 54.6 Å². The number of hydrogen-bond donors (Lipinski definition) is 3. The smallest absolute Gasteiger partial charge is 0.263 e. The predicted octanol–water partition coefficient (Wildman–Crippen LogP) is 5.93. The van der Waals surface area contributed by atoms with Gasteiger partial charge in [-0.05, 0) is 121 Å². The van der Waals surface area contributed by atoms with E-state index in [0.717, 1.165) is 90.9 Å². The van der Waals surface area contributed by atoms with Gasteiger partial charge in [-0.3, -0.25) is 9.59 Å². The number of likely N-dealkylation sites (tertiary alicyclic amines) is 1. The van der Waals surface area contributed by atoms with Crippen LogP contribution in [0.25, 0.3) is 22.1 Å². The number of carbonyl (C=O) groups is 2. The topological polar surface area (TPSA) is 176 Å². The van der Waals surface area contributed by atoms with Gasteiger partial charge in [0.25, 0.3) is 11.8 Å². The number of fused-ring (bicyclic) bond motifs is 4. The zero-order valence-electron chi connectivity index (χ0n) is 37.0. The fraction of sp³-hybridized carbons (Fsp3) is 0.417. The molecule has 8 heterocycles. The molecule has 4 aliphatic heterocycles. The van der Waals surface area contributed by atoms with Gasteiger partial charge in [0.1, 0.15) is 34.2 Å². The monoisotopic (exact) mass is 864 g/mol. The summed E-state index contributed by atoms with van der Waals surface area (Å²) in [6, 6.07) is 24.2. The maximum Gasteiger partial charge on any atom is 0.263 e. The lowest BCUT2D eigenvalue weighted by atomic mass is 10.0. The molecule has 2 atom stereocenters. The van der Waals surface area contributed by atoms with Crippen molar-refractivity contribution in [3.05, 3.63) is 95.3 Å². The molecule has 4 aromatic heterocycles. The average molecular weight is 865 g/mol. The lowest BCUT2D eigenvalue weighted by Crippen LogP contribution is -2.44. The molecule has 64 heavy (non-hydrogen) atoms. The maximum atomic E-state index is 12.3. The average Bonchev–Trinajstić information content (AvgIpc) is 4.11. The van der Waals surface area contributed by atoms with Crippen molar-refractivity contribution in [3.63, 3.8) is 0 Å². The fourth-order valence-corrected chi connectivity index (χ4v) is 8.97. The van der Waals surface area contributed by atoms with Crippen LogP contribution in [0.2, 0.25) is 0 Å². The first-order valence-corrected chi connectivity index (χ1v) is 22.4. The molecule has 0 aliphatic carbocycles. The number of amides is 2. The van der Waals surface area contributed by atoms with Gasteiger partial charge < -0.3 is 40.1 Å². The Kier molecular flexibility index (Phi) is 12.7. The molecule has 4 aliphatic rings. The van der Waals surface area contributed by atoms with E-state index in [0.29, 0.717) is 52.3 Å². The zero-order valence-corrected chi connectivity index (χ0v) is 37.0. The molecule has 10 rings (SSSR count). The van der Waals surface area contributed by atoms with Crippen LogP contribution in [0.3, 0.4) is 0 Å². The van der Waals surface area contributed by atoms with Crippen molar-refractivity contribution < 1.29 is 19.1 Å². The number of anilines is 4. The predicted molar refractivity (Wildman–Crippen MR) is 248 cm³/mol. The van der Waals surface area contributed by atoms with Gasteiger partial charge >= 0.3 is 0 Å². The van der Waals surface area contributed by atoms with Crippen LogP contribution in [0, 0.1) is 27.7 Å². The summed E-state index contributed by atoms with van der Waals surface area (Å²) in [5, 5.41) is 9.09. The molecule has 4 fully saturated rings. The van der Waals surface area contributed by atoms with Crippen molar-refractivity contribution in [3.8, 4) is 11.5 Å². The maximum absolute atomic E-state index is 12.3. The number of aromatic nitrogens is 6. The number of nitrogens with zero attached hydrogens (tertiary/aromatic N) is 9. The van der Waals surface area contributed by atoms with Crippen LogP contribution in [0.15, 0.2) is 72.8 Å². The van der Waals surface area contributed by atoms with Crippen LogP contribution in [-0.4, -0.2) is 117 Å². The van der Waals surface area contributed by atoms with Crippen molar-refractivity contribution in [2.45, 2.75) is 77.9 Å². The standard InChI is InChI=1S/C26H32N6O2.C22H24N6O2/c1-18-5-7-21(8-6-18)34-17-24(33)29-23-10-9-22-25(30-23)19(2)27-26(28-22)32-15-11-20(12-16-32)31-13-3-4-14-31;1-13-3-5-17(6-4-13)30-12-20(29)26-19-8-7-18-21(27-19)14(2)24-22(25-18)28-11-15-9-16(28)10-23-15/h5-10,20H,3-4,11-17H2,1-2H3,(H,29,30,33);3-8,15-16,23H,9-12H2,1-2H3,(H,26,27,29). The fourth-order valence-electron chi connectivity index (χ4n) is 8.97. The van der Waals surface area contributed by atoms with Crippen LogP contribution >= 0.6 is 0 Å². The lowest BCUT2D eigenvalue weighted by molar-refractivity contribution is -0.118. The van der Waals surface area contributed by atoms with Gasteiger partial charge in [0.15, 0.2) is 13.2 Å². The highest BCUT2D eigenvalue weighted by molar-refractivity contribution is 5.93. The summed E-state index contributed by atoms with van der Waals surface area (Å²) >= 11 is 0. The number of hydrogen-bond acceptors (Lipinski definition) is 14. The molecule has 0 saturated carbocycles. The van der Waals surface area contributed by atoms with E-state index in [1.165, 1.54) is 25.9 Å². The Morgan fingerprint density at radius 3 is 1.64 bits per heavy atom. The second kappa shape index (κ2) is 19.1. The molecule has 0 radical (unpaired) electrons. The molecule has 16 heteroatoms. The Morgan fingerprint density at radius 1 is 0.625 bits per heavy atom. The number of aryl methyl sites for hydroxylation is 4. The lowest BCUT2D eigenvalue weighted by Gasteiger charge is -2.36. The van der Waals surface area contributed by atoms with E-state index in [-0.39, 0.29) is 25.0 Å². The van der Waals surface area contributed by atoms with E-state index >= 15 is 0 Å². The second-order valence-corrected chi connectivity index (χ2v) is 17.3. The summed E-state index contributed by atoms with van der Waals surface area (Å²) in [6.07, 6.45) is 6.14. The van der Waals surface area contributed by atoms with Crippen LogP contribution in [-0.2, 0) is 9.59 Å². The highest BCUT2D eigenvalue weighted by atomic mass is 16.5. The minimum atomic E-state index is -0.266. The molecule has 6 aromatic rings. The van der Waals surface area contributed by atoms with E-state index in [1.54, 1.807) is 12.1 Å². The summed E-state index contributed by atoms with van der Waals surface area (Å²) in [4.78, 5) is 59.9.